The Balaban J connectivity index is 2.15. The van der Waals surface area contributed by atoms with E-state index in [1.165, 1.54) is 6.20 Å². The zero-order valence-electron chi connectivity index (χ0n) is 12.1. The normalized spacial score (nSPS) is 11.8. The van der Waals surface area contributed by atoms with Crippen LogP contribution < -0.4 is 20.5 Å². The summed E-state index contributed by atoms with van der Waals surface area (Å²) in [6, 6.07) is 5.25. The van der Waals surface area contributed by atoms with Crippen LogP contribution in [0.1, 0.15) is 29.0 Å². The number of aromatic amines is 1. The molecule has 112 valence electrons. The monoisotopic (exact) mass is 290 g/mol. The van der Waals surface area contributed by atoms with Gasteiger partial charge in [0.1, 0.15) is 5.69 Å². The lowest BCUT2D eigenvalue weighted by molar-refractivity contribution is 0.0935. The quantitative estimate of drug-likeness (QED) is 0.774. The van der Waals surface area contributed by atoms with E-state index >= 15 is 0 Å². The third-order valence-corrected chi connectivity index (χ3v) is 3.15. The van der Waals surface area contributed by atoms with Gasteiger partial charge in [0.2, 0.25) is 0 Å². The van der Waals surface area contributed by atoms with E-state index in [2.05, 4.69) is 15.5 Å². The lowest BCUT2D eigenvalue weighted by Crippen LogP contribution is -2.27. The number of nitrogens with two attached hydrogens (primary N) is 1. The number of anilines is 1. The van der Waals surface area contributed by atoms with Gasteiger partial charge in [0.25, 0.3) is 5.91 Å². The van der Waals surface area contributed by atoms with Gasteiger partial charge in [0, 0.05) is 0 Å². The minimum Gasteiger partial charge on any atom is -0.493 e. The zero-order chi connectivity index (χ0) is 15.4. The summed E-state index contributed by atoms with van der Waals surface area (Å²) in [4.78, 5) is 12.1. The molecule has 0 aliphatic rings. The highest BCUT2D eigenvalue weighted by Gasteiger charge is 2.16. The highest BCUT2D eigenvalue weighted by molar-refractivity contribution is 5.97. The van der Waals surface area contributed by atoms with Crippen LogP contribution in [0.2, 0.25) is 0 Å². The smallest absolute Gasteiger partial charge is 0.271 e. The van der Waals surface area contributed by atoms with Crippen LogP contribution in [-0.4, -0.2) is 30.3 Å². The Kier molecular flexibility index (Phi) is 4.32. The maximum Gasteiger partial charge on any atom is 0.271 e. The molecule has 0 radical (unpaired) electrons. The van der Waals surface area contributed by atoms with E-state index in [9.17, 15) is 4.79 Å². The Morgan fingerprint density at radius 3 is 2.62 bits per heavy atom. The first-order valence-electron chi connectivity index (χ1n) is 6.38. The molecule has 1 amide bonds. The van der Waals surface area contributed by atoms with Crippen LogP contribution in [0.3, 0.4) is 0 Å². The molecule has 2 aromatic rings. The lowest BCUT2D eigenvalue weighted by Gasteiger charge is -2.16. The molecule has 1 heterocycles. The van der Waals surface area contributed by atoms with Crippen molar-refractivity contribution in [1.82, 2.24) is 15.5 Å². The number of ether oxygens (including phenoxy) is 2. The van der Waals surface area contributed by atoms with Gasteiger partial charge >= 0.3 is 0 Å². The topological polar surface area (TPSA) is 102 Å². The number of carbonyl (C=O) groups is 1. The van der Waals surface area contributed by atoms with Crippen molar-refractivity contribution in [2.75, 3.05) is 20.0 Å². The average Bonchev–Trinajstić information content (AvgIpc) is 2.92. The number of methoxy groups -OCH3 is 2. The van der Waals surface area contributed by atoms with Crippen LogP contribution in [0.5, 0.6) is 11.5 Å². The van der Waals surface area contributed by atoms with Crippen LogP contribution in [0.15, 0.2) is 24.4 Å². The summed E-state index contributed by atoms with van der Waals surface area (Å²) in [5.41, 5.74) is 7.10. The van der Waals surface area contributed by atoms with Crippen molar-refractivity contribution in [2.45, 2.75) is 13.0 Å². The highest BCUT2D eigenvalue weighted by atomic mass is 16.5. The number of aromatic nitrogens is 2. The molecule has 7 nitrogen and oxygen atoms in total. The van der Waals surface area contributed by atoms with E-state index in [4.69, 9.17) is 15.2 Å². The zero-order valence-corrected chi connectivity index (χ0v) is 12.1. The molecule has 0 bridgehead atoms. The average molecular weight is 290 g/mol. The third kappa shape index (κ3) is 3.07. The van der Waals surface area contributed by atoms with Crippen LogP contribution in [0.4, 0.5) is 5.69 Å². The Bertz CT molecular complexity index is 639. The van der Waals surface area contributed by atoms with E-state index in [0.717, 1.165) is 5.56 Å². The number of nitrogens with one attached hydrogen (secondary N) is 2. The van der Waals surface area contributed by atoms with Crippen molar-refractivity contribution < 1.29 is 14.3 Å². The number of nitrogen functional groups attached to an aromatic ring is 1. The van der Waals surface area contributed by atoms with Crippen molar-refractivity contribution in [2.24, 2.45) is 0 Å². The molecule has 21 heavy (non-hydrogen) atoms. The first-order valence-corrected chi connectivity index (χ1v) is 6.38. The van der Waals surface area contributed by atoms with Gasteiger partial charge < -0.3 is 20.5 Å². The Morgan fingerprint density at radius 2 is 2.05 bits per heavy atom. The summed E-state index contributed by atoms with van der Waals surface area (Å²) in [5, 5.41) is 9.14. The standard InChI is InChI=1S/C14H18N4O3/c1-8(17-14(19)13-10(15)7-16-18-13)9-4-5-11(20-2)12(6-9)21-3/h4-8H,15H2,1-3H3,(H,16,18)(H,17,19). The van der Waals surface area contributed by atoms with E-state index in [-0.39, 0.29) is 17.6 Å². The molecule has 2 rings (SSSR count). The van der Waals surface area contributed by atoms with Gasteiger partial charge in [-0.25, -0.2) is 0 Å². The summed E-state index contributed by atoms with van der Waals surface area (Å²) >= 11 is 0. The third-order valence-electron chi connectivity index (χ3n) is 3.15. The first kappa shape index (κ1) is 14.7. The number of benzene rings is 1. The van der Waals surface area contributed by atoms with E-state index in [1.54, 1.807) is 20.3 Å². The summed E-state index contributed by atoms with van der Waals surface area (Å²) < 4.78 is 10.4. The molecular formula is C14H18N4O3. The fraction of sp³-hybridized carbons (Fsp3) is 0.286. The van der Waals surface area contributed by atoms with Gasteiger partial charge in [-0.15, -0.1) is 0 Å². The SMILES string of the molecule is COc1ccc(C(C)NC(=O)c2[nH]ncc2N)cc1OC. The minimum atomic E-state index is -0.313. The second-order valence-electron chi connectivity index (χ2n) is 4.51. The second-order valence-corrected chi connectivity index (χ2v) is 4.51. The number of amides is 1. The molecular weight excluding hydrogens is 272 g/mol. The van der Waals surface area contributed by atoms with Gasteiger partial charge in [-0.2, -0.15) is 5.10 Å². The van der Waals surface area contributed by atoms with Crippen molar-refractivity contribution in [3.63, 3.8) is 0 Å². The molecule has 0 aliphatic heterocycles. The van der Waals surface area contributed by atoms with E-state index in [1.807, 2.05) is 19.1 Å². The van der Waals surface area contributed by atoms with Crippen LogP contribution in [0, 0.1) is 0 Å². The Hall–Kier alpha value is -2.70. The summed E-state index contributed by atoms with van der Waals surface area (Å²) in [7, 11) is 3.14. The minimum absolute atomic E-state index is 0.222. The summed E-state index contributed by atoms with van der Waals surface area (Å²) in [5.74, 6) is 0.932. The van der Waals surface area contributed by atoms with Crippen molar-refractivity contribution in [3.8, 4) is 11.5 Å². The number of rotatable bonds is 5. The summed E-state index contributed by atoms with van der Waals surface area (Å²) in [6.45, 7) is 1.87. The molecule has 1 unspecified atom stereocenters. The number of hydrogen-bond donors (Lipinski definition) is 3. The van der Waals surface area contributed by atoms with Crippen molar-refractivity contribution in [3.05, 3.63) is 35.7 Å². The fourth-order valence-electron chi connectivity index (χ4n) is 1.95. The van der Waals surface area contributed by atoms with Gasteiger partial charge in [0.05, 0.1) is 32.1 Å². The lowest BCUT2D eigenvalue weighted by atomic mass is 10.1. The Morgan fingerprint density at radius 1 is 1.33 bits per heavy atom. The molecule has 7 heteroatoms. The molecule has 1 aromatic heterocycles. The largest absolute Gasteiger partial charge is 0.493 e. The molecule has 0 fully saturated rings. The second kappa shape index (κ2) is 6.17. The maximum atomic E-state index is 12.1. The number of nitrogens with zero attached hydrogens (tertiary/aromatic N) is 1. The van der Waals surface area contributed by atoms with Crippen LogP contribution in [0.25, 0.3) is 0 Å². The van der Waals surface area contributed by atoms with Gasteiger partial charge in [-0.3, -0.25) is 9.89 Å². The predicted octanol–water partition coefficient (Wildman–Crippen LogP) is 1.50. The number of carbonyl (C=O) groups excluding carboxylic acids is 1. The van der Waals surface area contributed by atoms with Crippen molar-refractivity contribution >= 4 is 11.6 Å². The summed E-state index contributed by atoms with van der Waals surface area (Å²) in [6.07, 6.45) is 1.40. The fourth-order valence-corrected chi connectivity index (χ4v) is 1.95. The first-order chi connectivity index (χ1) is 10.1. The molecule has 4 N–H and O–H groups in total. The number of H-pyrrole nitrogens is 1. The Labute approximate surface area is 122 Å². The molecule has 0 saturated carbocycles. The van der Waals surface area contributed by atoms with Gasteiger partial charge in [-0.1, -0.05) is 6.07 Å². The van der Waals surface area contributed by atoms with Crippen LogP contribution in [-0.2, 0) is 0 Å². The van der Waals surface area contributed by atoms with E-state index in [0.29, 0.717) is 17.2 Å². The molecule has 1 aromatic carbocycles. The molecule has 0 spiro atoms. The van der Waals surface area contributed by atoms with Gasteiger partial charge in [-0.05, 0) is 24.6 Å². The van der Waals surface area contributed by atoms with Crippen LogP contribution >= 0.6 is 0 Å². The van der Waals surface area contributed by atoms with E-state index < -0.39 is 0 Å². The molecule has 1 atom stereocenters. The highest BCUT2D eigenvalue weighted by Crippen LogP contribution is 2.29. The van der Waals surface area contributed by atoms with Gasteiger partial charge in [0.15, 0.2) is 11.5 Å². The predicted molar refractivity (Wildman–Crippen MR) is 78.4 cm³/mol. The molecule has 0 aliphatic carbocycles. The molecule has 0 saturated heterocycles. The van der Waals surface area contributed by atoms with Crippen molar-refractivity contribution in [1.29, 1.82) is 0 Å². The maximum absolute atomic E-state index is 12.1. The number of hydrogen-bond acceptors (Lipinski definition) is 5.